The van der Waals surface area contributed by atoms with Crippen LogP contribution in [0.5, 0.6) is 0 Å². The van der Waals surface area contributed by atoms with Crippen molar-refractivity contribution in [3.8, 4) is 0 Å². The molecule has 1 heterocycles. The molecule has 0 saturated carbocycles. The molecule has 0 radical (unpaired) electrons. The first-order valence-corrected chi connectivity index (χ1v) is 3.14. The molecule has 0 aromatic heterocycles. The summed E-state index contributed by atoms with van der Waals surface area (Å²) >= 11 is 0. The Hall–Kier alpha value is -0.360. The summed E-state index contributed by atoms with van der Waals surface area (Å²) in [6, 6.07) is -0.299. The van der Waals surface area contributed by atoms with Crippen molar-refractivity contribution in [1.82, 2.24) is 5.06 Å². The summed E-state index contributed by atoms with van der Waals surface area (Å²) in [6.07, 6.45) is 0. The molecule has 1 aliphatic rings. The fraction of sp³-hybridized carbons (Fsp3) is 0.800. The van der Waals surface area contributed by atoms with Crippen LogP contribution in [0.25, 0.3) is 0 Å². The van der Waals surface area contributed by atoms with Gasteiger partial charge in [-0.1, -0.05) is 0 Å². The van der Waals surface area contributed by atoms with Crippen molar-refractivity contribution in [3.63, 3.8) is 0 Å². The van der Waals surface area contributed by atoms with E-state index in [9.17, 15) is 4.79 Å². The second-order valence-electron chi connectivity index (χ2n) is 2.16. The van der Waals surface area contributed by atoms with Crippen LogP contribution in [0.4, 0.5) is 0 Å². The maximum Gasteiger partial charge on any atom is 0.306 e. The number of amides is 1. The number of rotatable bonds is 2. The minimum absolute atomic E-state index is 0. The summed E-state index contributed by atoms with van der Waals surface area (Å²) in [4.78, 5) is 15.8. The first kappa shape index (κ1) is 10.6. The number of hydrogen-bond acceptors (Lipinski definition) is 3. The van der Waals surface area contributed by atoms with E-state index >= 15 is 0 Å². The Bertz CT molecular complexity index is 142. The fourth-order valence-electron chi connectivity index (χ4n) is 0.784. The van der Waals surface area contributed by atoms with Gasteiger partial charge >= 0.3 is 5.91 Å². The molecule has 5 nitrogen and oxygen atoms in total. The van der Waals surface area contributed by atoms with E-state index in [1.54, 1.807) is 0 Å². The number of carbonyl (C=O) groups excluding carboxylic acids is 1. The van der Waals surface area contributed by atoms with E-state index in [-0.39, 0.29) is 37.5 Å². The molecule has 66 valence electrons. The smallest absolute Gasteiger partial charge is 0.306 e. The van der Waals surface area contributed by atoms with Crippen molar-refractivity contribution in [1.29, 1.82) is 0 Å². The third kappa shape index (κ3) is 2.30. The zero-order chi connectivity index (χ0) is 7.56. The van der Waals surface area contributed by atoms with Crippen LogP contribution in [-0.4, -0.2) is 41.9 Å². The number of hydrogen-bond donors (Lipinski definition) is 2. The number of quaternary nitrogens is 1. The number of aliphatic hydroxyl groups is 1. The Balaban J connectivity index is 0.000001000. The van der Waals surface area contributed by atoms with Gasteiger partial charge < -0.3 is 23.2 Å². The maximum atomic E-state index is 10.9. The van der Waals surface area contributed by atoms with Gasteiger partial charge in [0.2, 0.25) is 0 Å². The quantitative estimate of drug-likeness (QED) is 0.447. The van der Waals surface area contributed by atoms with Gasteiger partial charge in [-0.15, -0.1) is 0 Å². The molecule has 1 amide bonds. The van der Waals surface area contributed by atoms with Crippen molar-refractivity contribution < 1.29 is 32.9 Å². The highest BCUT2D eigenvalue weighted by Gasteiger charge is 2.32. The molecule has 1 saturated heterocycles. The normalized spacial score (nSPS) is 23.6. The largest absolute Gasteiger partial charge is 1.00 e. The molecule has 0 aliphatic carbocycles. The Morgan fingerprint density at radius 3 is 2.82 bits per heavy atom. The average molecular weight is 183 g/mol. The maximum absolute atomic E-state index is 10.9. The molecule has 6 heteroatoms. The molecule has 11 heavy (non-hydrogen) atoms. The first-order chi connectivity index (χ1) is 4.75. The molecule has 0 aromatic carbocycles. The highest BCUT2D eigenvalue weighted by Crippen LogP contribution is 2.02. The zero-order valence-corrected chi connectivity index (χ0v) is 6.75. The van der Waals surface area contributed by atoms with Gasteiger partial charge in [-0.05, 0) is 0 Å². The lowest BCUT2D eigenvalue weighted by atomic mass is 10.3. The summed E-state index contributed by atoms with van der Waals surface area (Å²) in [5.74, 6) is -0.144. The molecule has 1 aliphatic heterocycles. The van der Waals surface area contributed by atoms with Gasteiger partial charge in [-0.3, -0.25) is 9.63 Å². The van der Waals surface area contributed by atoms with Gasteiger partial charge in [0.15, 0.2) is 6.04 Å². The van der Waals surface area contributed by atoms with E-state index in [2.05, 4.69) is 5.73 Å². The van der Waals surface area contributed by atoms with Gasteiger partial charge in [-0.2, -0.15) is 0 Å². The number of carbonyl (C=O) groups is 1. The Morgan fingerprint density at radius 2 is 2.45 bits per heavy atom. The van der Waals surface area contributed by atoms with Crippen LogP contribution in [0.15, 0.2) is 0 Å². The van der Waals surface area contributed by atoms with E-state index in [1.807, 2.05) is 0 Å². The molecule has 1 atom stereocenters. The summed E-state index contributed by atoms with van der Waals surface area (Å²) < 4.78 is 0. The van der Waals surface area contributed by atoms with Crippen LogP contribution in [0, 0.1) is 0 Å². The lowest BCUT2D eigenvalue weighted by molar-refractivity contribution is -0.402. The van der Waals surface area contributed by atoms with Crippen molar-refractivity contribution in [2.45, 2.75) is 6.04 Å². The van der Waals surface area contributed by atoms with Crippen molar-refractivity contribution >= 4 is 5.91 Å². The van der Waals surface area contributed by atoms with Gasteiger partial charge in [0.1, 0.15) is 6.61 Å². The number of β-amino-alcohol motifs (C(OH)–C–C–N with tert-alkyl or cyclic N) is 1. The number of halogens is 1. The highest BCUT2D eigenvalue weighted by atomic mass is 35.5. The van der Waals surface area contributed by atoms with E-state index in [0.29, 0.717) is 6.61 Å². The van der Waals surface area contributed by atoms with Crippen LogP contribution >= 0.6 is 0 Å². The number of aliphatic hydroxyl groups excluding tert-OH is 1. The predicted octanol–water partition coefficient (Wildman–Crippen LogP) is -5.63. The standard InChI is InChI=1S/C5H10N2O3.ClH/c6-4-3-10-7(1-2-8)5(4)9;/h4,8H,1-3,6H2;1H. The monoisotopic (exact) mass is 182 g/mol. The molecule has 1 rings (SSSR count). The third-order valence-corrected chi connectivity index (χ3v) is 1.33. The SMILES string of the molecule is [Cl-].[NH3+]C1CON(CCO)C1=O. The van der Waals surface area contributed by atoms with E-state index in [0.717, 1.165) is 5.06 Å². The number of nitrogens with zero attached hydrogens (tertiary/aromatic N) is 1. The summed E-state index contributed by atoms with van der Waals surface area (Å²) in [5, 5.41) is 9.59. The van der Waals surface area contributed by atoms with Crippen LogP contribution in [0.3, 0.4) is 0 Å². The summed E-state index contributed by atoms with van der Waals surface area (Å²) in [7, 11) is 0. The lowest BCUT2D eigenvalue weighted by Crippen LogP contribution is -3.00. The van der Waals surface area contributed by atoms with Crippen molar-refractivity contribution in [2.24, 2.45) is 0 Å². The van der Waals surface area contributed by atoms with E-state index < -0.39 is 0 Å². The second kappa shape index (κ2) is 4.50. The van der Waals surface area contributed by atoms with Gasteiger partial charge in [0.25, 0.3) is 0 Å². The van der Waals surface area contributed by atoms with Crippen molar-refractivity contribution in [3.05, 3.63) is 0 Å². The molecule has 0 bridgehead atoms. The topological polar surface area (TPSA) is 77.4 Å². The molecule has 1 fully saturated rings. The van der Waals surface area contributed by atoms with Crippen LogP contribution in [0.2, 0.25) is 0 Å². The average Bonchev–Trinajstić information content (AvgIpc) is 2.20. The number of hydroxylamine groups is 2. The molecular formula is C5H11ClN2O3. The Morgan fingerprint density at radius 1 is 1.82 bits per heavy atom. The molecular weight excluding hydrogens is 172 g/mol. The minimum Gasteiger partial charge on any atom is -1.00 e. The lowest BCUT2D eigenvalue weighted by Gasteiger charge is -2.09. The molecule has 0 aromatic rings. The first-order valence-electron chi connectivity index (χ1n) is 3.14. The molecule has 0 spiro atoms. The van der Waals surface area contributed by atoms with Crippen LogP contribution in [-0.2, 0) is 9.63 Å². The third-order valence-electron chi connectivity index (χ3n) is 1.33. The van der Waals surface area contributed by atoms with Crippen molar-refractivity contribution in [2.75, 3.05) is 19.8 Å². The fourth-order valence-corrected chi connectivity index (χ4v) is 0.784. The summed E-state index contributed by atoms with van der Waals surface area (Å²) in [5.41, 5.74) is 3.55. The second-order valence-corrected chi connectivity index (χ2v) is 2.16. The molecule has 4 N–H and O–H groups in total. The predicted molar refractivity (Wildman–Crippen MR) is 31.4 cm³/mol. The summed E-state index contributed by atoms with van der Waals surface area (Å²) in [6.45, 7) is 0.502. The Labute approximate surface area is 70.5 Å². The van der Waals surface area contributed by atoms with Gasteiger partial charge in [0.05, 0.1) is 13.2 Å². The zero-order valence-electron chi connectivity index (χ0n) is 5.99. The van der Waals surface area contributed by atoms with Crippen LogP contribution in [0.1, 0.15) is 0 Å². The van der Waals surface area contributed by atoms with Gasteiger partial charge in [0, 0.05) is 0 Å². The van der Waals surface area contributed by atoms with E-state index in [1.165, 1.54) is 0 Å². The Kier molecular flexibility index (Phi) is 4.36. The van der Waals surface area contributed by atoms with E-state index in [4.69, 9.17) is 9.94 Å². The minimum atomic E-state index is -0.299. The molecule has 1 unspecified atom stereocenters. The van der Waals surface area contributed by atoms with Crippen LogP contribution < -0.4 is 18.1 Å². The van der Waals surface area contributed by atoms with Gasteiger partial charge in [-0.25, -0.2) is 5.06 Å². The highest BCUT2D eigenvalue weighted by molar-refractivity contribution is 5.80.